The van der Waals surface area contributed by atoms with E-state index in [1.807, 2.05) is 6.07 Å². The molecular formula is C15H11FN2O2. The first-order valence-electron chi connectivity index (χ1n) is 5.84. The minimum absolute atomic E-state index is 0.303. The van der Waals surface area contributed by atoms with Crippen LogP contribution < -0.4 is 5.32 Å². The van der Waals surface area contributed by atoms with Crippen LogP contribution in [0, 0.1) is 17.1 Å². The Labute approximate surface area is 115 Å². The number of aliphatic hydroxyl groups excluding tert-OH is 1. The third-order valence-electron chi connectivity index (χ3n) is 2.72. The lowest BCUT2D eigenvalue weighted by Gasteiger charge is -2.11. The predicted molar refractivity (Wildman–Crippen MR) is 71.1 cm³/mol. The number of aliphatic hydroxyl groups is 1. The van der Waals surface area contributed by atoms with Crippen LogP contribution in [-0.4, -0.2) is 11.0 Å². The van der Waals surface area contributed by atoms with Crippen molar-refractivity contribution in [2.24, 2.45) is 0 Å². The van der Waals surface area contributed by atoms with Crippen molar-refractivity contribution >= 4 is 11.6 Å². The molecule has 4 nitrogen and oxygen atoms in total. The lowest BCUT2D eigenvalue weighted by molar-refractivity contribution is -0.124. The van der Waals surface area contributed by atoms with Gasteiger partial charge in [0, 0.05) is 5.69 Å². The fourth-order valence-electron chi connectivity index (χ4n) is 1.64. The standard InChI is InChI=1S/C15H11FN2O2/c16-12-5-3-11(4-6-12)14(19)15(20)18-13-7-1-10(9-17)2-8-13/h1-8,14,19H,(H,18,20). The maximum absolute atomic E-state index is 12.8. The topological polar surface area (TPSA) is 73.1 Å². The van der Waals surface area contributed by atoms with Gasteiger partial charge >= 0.3 is 0 Å². The van der Waals surface area contributed by atoms with Crippen LogP contribution in [0.15, 0.2) is 48.5 Å². The lowest BCUT2D eigenvalue weighted by Crippen LogP contribution is -2.20. The SMILES string of the molecule is N#Cc1ccc(NC(=O)C(O)c2ccc(F)cc2)cc1. The number of rotatable bonds is 3. The van der Waals surface area contributed by atoms with Crippen LogP contribution in [0.1, 0.15) is 17.2 Å². The summed E-state index contributed by atoms with van der Waals surface area (Å²) < 4.78 is 12.8. The van der Waals surface area contributed by atoms with E-state index in [1.165, 1.54) is 24.3 Å². The van der Waals surface area contributed by atoms with Crippen LogP contribution >= 0.6 is 0 Å². The van der Waals surface area contributed by atoms with Crippen LogP contribution in [0.4, 0.5) is 10.1 Å². The van der Waals surface area contributed by atoms with Crippen LogP contribution in [-0.2, 0) is 4.79 Å². The number of benzene rings is 2. The fourth-order valence-corrected chi connectivity index (χ4v) is 1.64. The van der Waals surface area contributed by atoms with Crippen LogP contribution in [0.2, 0.25) is 0 Å². The minimum Gasteiger partial charge on any atom is -0.378 e. The summed E-state index contributed by atoms with van der Waals surface area (Å²) in [6, 6.07) is 13.2. The third kappa shape index (κ3) is 3.19. The van der Waals surface area contributed by atoms with Gasteiger partial charge in [-0.1, -0.05) is 12.1 Å². The molecule has 0 bridgehead atoms. The van der Waals surface area contributed by atoms with Crippen molar-refractivity contribution < 1.29 is 14.3 Å². The van der Waals surface area contributed by atoms with E-state index in [9.17, 15) is 14.3 Å². The number of hydrogen-bond donors (Lipinski definition) is 2. The molecule has 0 fully saturated rings. The molecule has 5 heteroatoms. The number of amides is 1. The van der Waals surface area contributed by atoms with Gasteiger partial charge in [0.05, 0.1) is 11.6 Å². The zero-order chi connectivity index (χ0) is 14.5. The molecule has 0 aliphatic heterocycles. The molecule has 0 aliphatic rings. The van der Waals surface area contributed by atoms with Gasteiger partial charge in [0.15, 0.2) is 6.10 Å². The molecule has 2 N–H and O–H groups in total. The highest BCUT2D eigenvalue weighted by molar-refractivity contribution is 5.94. The van der Waals surface area contributed by atoms with Crippen molar-refractivity contribution in [3.05, 3.63) is 65.5 Å². The second-order valence-corrected chi connectivity index (χ2v) is 4.13. The molecule has 0 aromatic heterocycles. The number of carbonyl (C=O) groups is 1. The van der Waals surface area contributed by atoms with E-state index in [0.717, 1.165) is 0 Å². The number of nitrogens with one attached hydrogen (secondary N) is 1. The lowest BCUT2D eigenvalue weighted by atomic mass is 10.1. The Balaban J connectivity index is 2.07. The summed E-state index contributed by atoms with van der Waals surface area (Å²) in [5.41, 5.74) is 1.25. The van der Waals surface area contributed by atoms with Gasteiger partial charge in [-0.15, -0.1) is 0 Å². The smallest absolute Gasteiger partial charge is 0.257 e. The van der Waals surface area contributed by atoms with Crippen molar-refractivity contribution in [3.8, 4) is 6.07 Å². The van der Waals surface area contributed by atoms with Crippen molar-refractivity contribution in [2.45, 2.75) is 6.10 Å². The average Bonchev–Trinajstić information content (AvgIpc) is 2.48. The molecule has 0 heterocycles. The van der Waals surface area contributed by atoms with Crippen molar-refractivity contribution in [2.75, 3.05) is 5.32 Å². The van der Waals surface area contributed by atoms with Gasteiger partial charge in [0.2, 0.25) is 0 Å². The number of nitrogens with zero attached hydrogens (tertiary/aromatic N) is 1. The summed E-state index contributed by atoms with van der Waals surface area (Å²) >= 11 is 0. The number of hydrogen-bond acceptors (Lipinski definition) is 3. The molecular weight excluding hydrogens is 259 g/mol. The number of anilines is 1. The molecule has 0 radical (unpaired) electrons. The Morgan fingerprint density at radius 1 is 1.15 bits per heavy atom. The summed E-state index contributed by atoms with van der Waals surface area (Å²) in [7, 11) is 0. The van der Waals surface area contributed by atoms with Gasteiger partial charge < -0.3 is 10.4 Å². The summed E-state index contributed by atoms with van der Waals surface area (Å²) in [5.74, 6) is -1.06. The second kappa shape index (κ2) is 5.95. The highest BCUT2D eigenvalue weighted by Crippen LogP contribution is 2.16. The van der Waals surface area contributed by atoms with Crippen LogP contribution in [0.3, 0.4) is 0 Å². The first kappa shape index (κ1) is 13.7. The normalized spacial score (nSPS) is 11.4. The molecule has 2 aromatic carbocycles. The monoisotopic (exact) mass is 270 g/mol. The van der Waals surface area contributed by atoms with Crippen LogP contribution in [0.5, 0.6) is 0 Å². The molecule has 1 unspecified atom stereocenters. The summed E-state index contributed by atoms with van der Waals surface area (Å²) in [4.78, 5) is 11.8. The Bertz CT molecular complexity index is 645. The Kier molecular flexibility index (Phi) is 4.08. The Morgan fingerprint density at radius 2 is 1.75 bits per heavy atom. The van der Waals surface area contributed by atoms with Gasteiger partial charge in [0.25, 0.3) is 5.91 Å². The fraction of sp³-hybridized carbons (Fsp3) is 0.0667. The summed E-state index contributed by atoms with van der Waals surface area (Å²) in [6.07, 6.45) is -1.38. The van der Waals surface area contributed by atoms with Crippen molar-refractivity contribution in [1.29, 1.82) is 5.26 Å². The summed E-state index contributed by atoms with van der Waals surface area (Å²) in [6.45, 7) is 0. The molecule has 0 spiro atoms. The largest absolute Gasteiger partial charge is 0.378 e. The minimum atomic E-state index is -1.38. The zero-order valence-corrected chi connectivity index (χ0v) is 10.4. The van der Waals surface area contributed by atoms with Gasteiger partial charge in [-0.25, -0.2) is 4.39 Å². The molecule has 0 aliphatic carbocycles. The molecule has 1 atom stereocenters. The molecule has 2 rings (SSSR count). The Hall–Kier alpha value is -2.71. The number of carbonyl (C=O) groups excluding carboxylic acids is 1. The molecule has 0 saturated carbocycles. The van der Waals surface area contributed by atoms with Gasteiger partial charge in [-0.2, -0.15) is 5.26 Å². The average molecular weight is 270 g/mol. The summed E-state index contributed by atoms with van der Waals surface area (Å²) in [5, 5.41) is 21.0. The van der Waals surface area contributed by atoms with Crippen molar-refractivity contribution in [3.63, 3.8) is 0 Å². The zero-order valence-electron chi connectivity index (χ0n) is 10.4. The van der Waals surface area contributed by atoms with Gasteiger partial charge in [-0.3, -0.25) is 4.79 Å². The predicted octanol–water partition coefficient (Wildman–Crippen LogP) is 2.37. The van der Waals surface area contributed by atoms with Crippen LogP contribution in [0.25, 0.3) is 0 Å². The first-order chi connectivity index (χ1) is 9.60. The van der Waals surface area contributed by atoms with Gasteiger partial charge in [0.1, 0.15) is 5.82 Å². The van der Waals surface area contributed by atoms with Gasteiger partial charge in [-0.05, 0) is 42.0 Å². The quantitative estimate of drug-likeness (QED) is 0.899. The van der Waals surface area contributed by atoms with E-state index in [4.69, 9.17) is 5.26 Å². The molecule has 100 valence electrons. The highest BCUT2D eigenvalue weighted by atomic mass is 19.1. The second-order valence-electron chi connectivity index (χ2n) is 4.13. The van der Waals surface area contributed by atoms with E-state index < -0.39 is 17.8 Å². The maximum atomic E-state index is 12.8. The molecule has 0 saturated heterocycles. The van der Waals surface area contributed by atoms with Crippen molar-refractivity contribution in [1.82, 2.24) is 0 Å². The van der Waals surface area contributed by atoms with E-state index in [1.54, 1.807) is 24.3 Å². The van der Waals surface area contributed by atoms with E-state index in [0.29, 0.717) is 16.8 Å². The number of nitriles is 1. The van der Waals surface area contributed by atoms with E-state index in [-0.39, 0.29) is 0 Å². The Morgan fingerprint density at radius 3 is 2.30 bits per heavy atom. The van der Waals surface area contributed by atoms with E-state index in [2.05, 4.69) is 5.32 Å². The maximum Gasteiger partial charge on any atom is 0.257 e. The molecule has 20 heavy (non-hydrogen) atoms. The number of halogens is 1. The third-order valence-corrected chi connectivity index (χ3v) is 2.72. The highest BCUT2D eigenvalue weighted by Gasteiger charge is 2.17. The first-order valence-corrected chi connectivity index (χ1v) is 5.84. The molecule has 2 aromatic rings. The van der Waals surface area contributed by atoms with E-state index >= 15 is 0 Å². The molecule has 1 amide bonds.